The van der Waals surface area contributed by atoms with Crippen LogP contribution in [-0.4, -0.2) is 47.0 Å². The third kappa shape index (κ3) is 4.31. The fourth-order valence-corrected chi connectivity index (χ4v) is 3.49. The van der Waals surface area contributed by atoms with E-state index in [-0.39, 0.29) is 35.1 Å². The van der Waals surface area contributed by atoms with E-state index in [0.29, 0.717) is 24.2 Å². The van der Waals surface area contributed by atoms with E-state index in [4.69, 9.17) is 0 Å². The zero-order valence-electron chi connectivity index (χ0n) is 16.2. The number of rotatable bonds is 6. The summed E-state index contributed by atoms with van der Waals surface area (Å²) >= 11 is 0. The van der Waals surface area contributed by atoms with Crippen LogP contribution in [0.3, 0.4) is 0 Å². The van der Waals surface area contributed by atoms with Crippen molar-refractivity contribution in [3.8, 4) is 5.75 Å². The fraction of sp³-hybridized carbons (Fsp3) is 0.174. The van der Waals surface area contributed by atoms with Gasteiger partial charge in [0.25, 0.3) is 5.91 Å². The van der Waals surface area contributed by atoms with Gasteiger partial charge in [-0.2, -0.15) is 0 Å². The molecule has 0 aliphatic carbocycles. The maximum Gasteiger partial charge on any atom is 0.251 e. The van der Waals surface area contributed by atoms with E-state index < -0.39 is 0 Å². The van der Waals surface area contributed by atoms with Crippen molar-refractivity contribution >= 4 is 17.4 Å². The Hall–Kier alpha value is -3.71. The number of hydrogen-bond acceptors (Lipinski definition) is 6. The molecule has 2 atom stereocenters. The summed E-state index contributed by atoms with van der Waals surface area (Å²) in [6.45, 7) is 1.37. The Bertz CT molecular complexity index is 1040. The monoisotopic (exact) mass is 402 g/mol. The Balaban J connectivity index is 1.41. The Labute approximate surface area is 174 Å². The number of para-hydroxylation sites is 1. The first-order chi connectivity index (χ1) is 14.6. The molecule has 4 rings (SSSR count). The molecule has 0 saturated carbocycles. The lowest BCUT2D eigenvalue weighted by atomic mass is 10.0. The van der Waals surface area contributed by atoms with Gasteiger partial charge in [-0.05, 0) is 48.5 Å². The van der Waals surface area contributed by atoms with Crippen molar-refractivity contribution in [1.29, 1.82) is 0 Å². The number of aromatic nitrogens is 1. The molecule has 2 aromatic carbocycles. The molecule has 7 heteroatoms. The molecule has 0 radical (unpaired) electrons. The van der Waals surface area contributed by atoms with Gasteiger partial charge in [-0.3, -0.25) is 14.6 Å². The number of carbonyl (C=O) groups is 2. The number of benzene rings is 2. The van der Waals surface area contributed by atoms with Crippen LogP contribution in [0.4, 0.5) is 5.69 Å². The number of nitrogens with zero attached hydrogens (tertiary/aromatic N) is 1. The van der Waals surface area contributed by atoms with E-state index in [1.165, 1.54) is 6.07 Å². The lowest BCUT2D eigenvalue weighted by Gasteiger charge is -2.22. The van der Waals surface area contributed by atoms with Crippen molar-refractivity contribution in [2.45, 2.75) is 12.1 Å². The van der Waals surface area contributed by atoms with Crippen LogP contribution in [0.2, 0.25) is 0 Å². The highest BCUT2D eigenvalue weighted by molar-refractivity contribution is 6.10. The first kappa shape index (κ1) is 19.6. The average Bonchev–Trinajstić information content (AvgIpc) is 3.21. The van der Waals surface area contributed by atoms with Crippen molar-refractivity contribution < 1.29 is 14.7 Å². The quantitative estimate of drug-likeness (QED) is 0.472. The highest BCUT2D eigenvalue weighted by Gasteiger charge is 2.28. The summed E-state index contributed by atoms with van der Waals surface area (Å²) < 4.78 is 0. The summed E-state index contributed by atoms with van der Waals surface area (Å²) in [6, 6.07) is 16.9. The summed E-state index contributed by atoms with van der Waals surface area (Å²) in [5, 5.41) is 19.6. The number of hydrogen-bond donors (Lipinski definition) is 4. The summed E-state index contributed by atoms with van der Waals surface area (Å²) in [7, 11) is 0. The molecule has 1 aliphatic heterocycles. The topological polar surface area (TPSA) is 103 Å². The number of nitrogens with one attached hydrogen (secondary N) is 3. The van der Waals surface area contributed by atoms with E-state index in [0.717, 1.165) is 5.69 Å². The van der Waals surface area contributed by atoms with Gasteiger partial charge in [0, 0.05) is 42.3 Å². The van der Waals surface area contributed by atoms with Gasteiger partial charge < -0.3 is 21.1 Å². The highest BCUT2D eigenvalue weighted by atomic mass is 16.3. The molecule has 1 aliphatic rings. The minimum absolute atomic E-state index is 0.00973. The molecule has 30 heavy (non-hydrogen) atoms. The lowest BCUT2D eigenvalue weighted by Crippen LogP contribution is -2.46. The lowest BCUT2D eigenvalue weighted by molar-refractivity contribution is 0.0937. The van der Waals surface area contributed by atoms with Crippen LogP contribution in [0.1, 0.15) is 26.3 Å². The predicted molar refractivity (Wildman–Crippen MR) is 114 cm³/mol. The molecular formula is C23H22N4O3. The largest absolute Gasteiger partial charge is 0.507 e. The van der Waals surface area contributed by atoms with E-state index in [2.05, 4.69) is 20.9 Å². The Morgan fingerprint density at radius 1 is 0.900 bits per heavy atom. The Kier molecular flexibility index (Phi) is 5.72. The molecule has 0 bridgehead atoms. The number of phenolic OH excluding ortho intramolecular Hbond substituents is 1. The van der Waals surface area contributed by atoms with Crippen LogP contribution in [0.15, 0.2) is 73.1 Å². The summed E-state index contributed by atoms with van der Waals surface area (Å²) in [5.41, 5.74) is 2.19. The molecule has 1 fully saturated rings. The first-order valence-corrected chi connectivity index (χ1v) is 9.73. The summed E-state index contributed by atoms with van der Waals surface area (Å²) in [5.74, 6) is -0.402. The van der Waals surface area contributed by atoms with Gasteiger partial charge in [0.2, 0.25) is 0 Å². The molecule has 7 nitrogen and oxygen atoms in total. The van der Waals surface area contributed by atoms with Crippen molar-refractivity contribution in [2.24, 2.45) is 0 Å². The molecule has 0 unspecified atom stereocenters. The molecule has 1 amide bonds. The molecule has 0 spiro atoms. The van der Waals surface area contributed by atoms with E-state index in [1.54, 1.807) is 54.9 Å². The molecule has 1 saturated heterocycles. The molecule has 4 N–H and O–H groups in total. The van der Waals surface area contributed by atoms with Crippen molar-refractivity contribution in [3.05, 3.63) is 89.7 Å². The van der Waals surface area contributed by atoms with Gasteiger partial charge in [0.05, 0.1) is 17.6 Å². The number of phenols is 1. The molecule has 2 heterocycles. The van der Waals surface area contributed by atoms with Crippen LogP contribution >= 0.6 is 0 Å². The zero-order chi connectivity index (χ0) is 20.9. The second kappa shape index (κ2) is 8.75. The van der Waals surface area contributed by atoms with Gasteiger partial charge in [0.1, 0.15) is 5.75 Å². The zero-order valence-corrected chi connectivity index (χ0v) is 16.2. The van der Waals surface area contributed by atoms with Gasteiger partial charge >= 0.3 is 0 Å². The number of ketones is 1. The SMILES string of the molecule is O=C(N[C@@H]1CNC[C@H]1Nc1ccc(C(=O)c2ccccc2O)cc1)c1ccncc1. The number of anilines is 1. The molecule has 1 aromatic heterocycles. The number of amides is 1. The number of carbonyl (C=O) groups excluding carboxylic acids is 2. The maximum absolute atomic E-state index is 12.6. The first-order valence-electron chi connectivity index (χ1n) is 9.73. The van der Waals surface area contributed by atoms with Crippen LogP contribution in [-0.2, 0) is 0 Å². The van der Waals surface area contributed by atoms with Crippen LogP contribution in [0, 0.1) is 0 Å². The number of pyridine rings is 1. The minimum Gasteiger partial charge on any atom is -0.507 e. The molecular weight excluding hydrogens is 380 g/mol. The van der Waals surface area contributed by atoms with Gasteiger partial charge in [-0.1, -0.05) is 12.1 Å². The summed E-state index contributed by atoms with van der Waals surface area (Å²) in [6.07, 6.45) is 3.19. The van der Waals surface area contributed by atoms with E-state index in [1.807, 2.05) is 12.1 Å². The van der Waals surface area contributed by atoms with Crippen molar-refractivity contribution in [2.75, 3.05) is 18.4 Å². The third-order valence-corrected chi connectivity index (χ3v) is 5.12. The van der Waals surface area contributed by atoms with Gasteiger partial charge in [0.15, 0.2) is 5.78 Å². The minimum atomic E-state index is -0.232. The van der Waals surface area contributed by atoms with Crippen LogP contribution < -0.4 is 16.0 Å². The highest BCUT2D eigenvalue weighted by Crippen LogP contribution is 2.21. The van der Waals surface area contributed by atoms with Crippen LogP contribution in [0.25, 0.3) is 0 Å². The van der Waals surface area contributed by atoms with E-state index in [9.17, 15) is 14.7 Å². The smallest absolute Gasteiger partial charge is 0.251 e. The molecule has 3 aromatic rings. The molecule has 152 valence electrons. The van der Waals surface area contributed by atoms with Crippen molar-refractivity contribution in [1.82, 2.24) is 15.6 Å². The van der Waals surface area contributed by atoms with E-state index >= 15 is 0 Å². The maximum atomic E-state index is 12.6. The Morgan fingerprint density at radius 2 is 1.60 bits per heavy atom. The van der Waals surface area contributed by atoms with Gasteiger partial charge in [-0.15, -0.1) is 0 Å². The van der Waals surface area contributed by atoms with Gasteiger partial charge in [-0.25, -0.2) is 0 Å². The normalized spacial score (nSPS) is 18.0. The van der Waals surface area contributed by atoms with Crippen LogP contribution in [0.5, 0.6) is 5.75 Å². The summed E-state index contributed by atoms with van der Waals surface area (Å²) in [4.78, 5) is 28.9. The second-order valence-corrected chi connectivity index (χ2v) is 7.15. The van der Waals surface area contributed by atoms with Crippen molar-refractivity contribution in [3.63, 3.8) is 0 Å². The third-order valence-electron chi connectivity index (χ3n) is 5.12. The second-order valence-electron chi connectivity index (χ2n) is 7.15. The average molecular weight is 402 g/mol. The Morgan fingerprint density at radius 3 is 2.33 bits per heavy atom. The number of aromatic hydroxyl groups is 1. The fourth-order valence-electron chi connectivity index (χ4n) is 3.49. The predicted octanol–water partition coefficient (Wildman–Crippen LogP) is 2.20. The standard InChI is InChI=1S/C23H22N4O3/c28-21-4-2-1-3-18(21)22(29)15-5-7-17(8-6-15)26-19-13-25-14-20(19)27-23(30)16-9-11-24-12-10-16/h1-12,19-20,25-26,28H,13-14H2,(H,27,30)/t19-,20-/m1/s1.